The molecule has 0 bridgehead atoms. The Morgan fingerprint density at radius 1 is 1.24 bits per heavy atom. The molecular formula is C15H22F4N2. The largest absolute Gasteiger partial charge is 0.405 e. The molecule has 0 aliphatic carbocycles. The number of hydrogen-bond donors (Lipinski definition) is 1. The molecule has 1 unspecified atom stereocenters. The van der Waals surface area contributed by atoms with E-state index in [1.807, 2.05) is 6.92 Å². The van der Waals surface area contributed by atoms with Crippen LogP contribution in [0.4, 0.5) is 23.2 Å². The molecule has 0 spiro atoms. The molecule has 6 heteroatoms. The fourth-order valence-corrected chi connectivity index (χ4v) is 2.22. The summed E-state index contributed by atoms with van der Waals surface area (Å²) in [6.07, 6.45) is -2.91. The Kier molecular flexibility index (Phi) is 6.45. The first-order valence-electron chi connectivity index (χ1n) is 7.13. The van der Waals surface area contributed by atoms with Gasteiger partial charge in [-0.25, -0.2) is 4.39 Å². The van der Waals surface area contributed by atoms with Crippen LogP contribution < -0.4 is 10.6 Å². The van der Waals surface area contributed by atoms with Crippen molar-refractivity contribution in [3.05, 3.63) is 29.6 Å². The van der Waals surface area contributed by atoms with E-state index >= 15 is 0 Å². The maximum Gasteiger partial charge on any atom is 0.405 e. The zero-order valence-corrected chi connectivity index (χ0v) is 12.4. The van der Waals surface area contributed by atoms with Crippen LogP contribution >= 0.6 is 0 Å². The van der Waals surface area contributed by atoms with Gasteiger partial charge in [-0.1, -0.05) is 19.9 Å². The number of rotatable bonds is 7. The highest BCUT2D eigenvalue weighted by Gasteiger charge is 2.31. The van der Waals surface area contributed by atoms with Crippen LogP contribution in [0.15, 0.2) is 18.2 Å². The summed E-state index contributed by atoms with van der Waals surface area (Å²) in [4.78, 5) is 1.18. The maximum absolute atomic E-state index is 14.0. The van der Waals surface area contributed by atoms with Gasteiger partial charge in [0.25, 0.3) is 0 Å². The van der Waals surface area contributed by atoms with E-state index in [0.29, 0.717) is 12.8 Å². The predicted octanol–water partition coefficient (Wildman–Crippen LogP) is 3.88. The molecule has 0 saturated carbocycles. The number of nitrogens with zero attached hydrogens (tertiary/aromatic N) is 1. The second kappa shape index (κ2) is 7.64. The highest BCUT2D eigenvalue weighted by atomic mass is 19.4. The van der Waals surface area contributed by atoms with Crippen LogP contribution in [0.5, 0.6) is 0 Å². The van der Waals surface area contributed by atoms with Gasteiger partial charge in [0.2, 0.25) is 0 Å². The van der Waals surface area contributed by atoms with Crippen molar-refractivity contribution in [2.45, 2.75) is 45.3 Å². The van der Waals surface area contributed by atoms with Crippen molar-refractivity contribution in [3.8, 4) is 0 Å². The summed E-state index contributed by atoms with van der Waals surface area (Å²) in [6, 6.07) is 3.96. The van der Waals surface area contributed by atoms with Crippen molar-refractivity contribution < 1.29 is 17.6 Å². The number of hydrogen-bond acceptors (Lipinski definition) is 2. The first-order valence-corrected chi connectivity index (χ1v) is 7.13. The minimum atomic E-state index is -4.33. The number of anilines is 1. The summed E-state index contributed by atoms with van der Waals surface area (Å²) in [6.45, 7) is 2.79. The van der Waals surface area contributed by atoms with Crippen LogP contribution in [0.2, 0.25) is 0 Å². The van der Waals surface area contributed by atoms with Gasteiger partial charge in [0, 0.05) is 23.8 Å². The number of nitrogens with two attached hydrogens (primary N) is 1. The predicted molar refractivity (Wildman–Crippen MR) is 76.9 cm³/mol. The molecule has 2 nitrogen and oxygen atoms in total. The summed E-state index contributed by atoms with van der Waals surface area (Å²) in [7, 11) is 0. The van der Waals surface area contributed by atoms with E-state index in [2.05, 4.69) is 0 Å². The Morgan fingerprint density at radius 3 is 2.43 bits per heavy atom. The lowest BCUT2D eigenvalue weighted by molar-refractivity contribution is -0.119. The van der Waals surface area contributed by atoms with Crippen molar-refractivity contribution in [1.29, 1.82) is 0 Å². The number of halogens is 4. The quantitative estimate of drug-likeness (QED) is 0.775. The average molecular weight is 306 g/mol. The minimum Gasteiger partial charge on any atom is -0.362 e. The standard InChI is InChI=1S/C15H22F4N2/c1-3-8-21(10-15(17,18)19)14-7-5-6-13(16)12(14)9-11(20)4-2/h5-7,11H,3-4,8-10,20H2,1-2H3. The van der Waals surface area contributed by atoms with Crippen molar-refractivity contribution in [2.24, 2.45) is 5.73 Å². The van der Waals surface area contributed by atoms with E-state index in [4.69, 9.17) is 5.73 Å². The second-order valence-corrected chi connectivity index (χ2v) is 5.15. The Hall–Kier alpha value is -1.30. The monoisotopic (exact) mass is 306 g/mol. The van der Waals surface area contributed by atoms with Gasteiger partial charge in [0.1, 0.15) is 12.4 Å². The third kappa shape index (κ3) is 5.53. The van der Waals surface area contributed by atoms with Crippen molar-refractivity contribution in [3.63, 3.8) is 0 Å². The molecule has 0 aromatic heterocycles. The molecule has 21 heavy (non-hydrogen) atoms. The van der Waals surface area contributed by atoms with Gasteiger partial charge in [-0.2, -0.15) is 13.2 Å². The maximum atomic E-state index is 14.0. The van der Waals surface area contributed by atoms with E-state index in [0.717, 1.165) is 0 Å². The Morgan fingerprint density at radius 2 is 1.90 bits per heavy atom. The van der Waals surface area contributed by atoms with Crippen LogP contribution in [-0.4, -0.2) is 25.3 Å². The lowest BCUT2D eigenvalue weighted by Crippen LogP contribution is -2.36. The molecule has 1 rings (SSSR count). The van der Waals surface area contributed by atoms with Gasteiger partial charge >= 0.3 is 6.18 Å². The summed E-state index contributed by atoms with van der Waals surface area (Å²) >= 11 is 0. The zero-order valence-electron chi connectivity index (χ0n) is 12.4. The van der Waals surface area contributed by atoms with E-state index in [1.165, 1.54) is 23.1 Å². The second-order valence-electron chi connectivity index (χ2n) is 5.15. The smallest absolute Gasteiger partial charge is 0.362 e. The fraction of sp³-hybridized carbons (Fsp3) is 0.600. The van der Waals surface area contributed by atoms with Crippen molar-refractivity contribution in [1.82, 2.24) is 0 Å². The van der Waals surface area contributed by atoms with Crippen LogP contribution in [-0.2, 0) is 6.42 Å². The van der Waals surface area contributed by atoms with E-state index in [1.54, 1.807) is 6.92 Å². The molecule has 0 amide bonds. The van der Waals surface area contributed by atoms with Crippen molar-refractivity contribution in [2.75, 3.05) is 18.0 Å². The Labute approximate surface area is 122 Å². The SMILES string of the molecule is CCCN(CC(F)(F)F)c1cccc(F)c1CC(N)CC. The molecule has 0 heterocycles. The summed E-state index contributed by atoms with van der Waals surface area (Å²) < 4.78 is 52.2. The third-order valence-corrected chi connectivity index (χ3v) is 3.29. The highest BCUT2D eigenvalue weighted by Crippen LogP contribution is 2.28. The molecule has 1 aromatic rings. The van der Waals surface area contributed by atoms with Gasteiger partial charge in [0.05, 0.1) is 0 Å². The third-order valence-electron chi connectivity index (χ3n) is 3.29. The van der Waals surface area contributed by atoms with Gasteiger partial charge in [-0.3, -0.25) is 0 Å². The van der Waals surface area contributed by atoms with Gasteiger partial charge in [-0.15, -0.1) is 0 Å². The molecule has 0 aliphatic heterocycles. The molecule has 0 radical (unpaired) electrons. The Bertz CT molecular complexity index is 446. The molecule has 1 aromatic carbocycles. The number of benzene rings is 1. The first-order chi connectivity index (χ1) is 9.78. The lowest BCUT2D eigenvalue weighted by Gasteiger charge is -2.28. The van der Waals surface area contributed by atoms with E-state index in [9.17, 15) is 17.6 Å². The van der Waals surface area contributed by atoms with Gasteiger partial charge in [-0.05, 0) is 31.4 Å². The normalized spacial score (nSPS) is 13.3. The minimum absolute atomic E-state index is 0.220. The van der Waals surface area contributed by atoms with Gasteiger partial charge in [0.15, 0.2) is 0 Å². The molecule has 2 N–H and O–H groups in total. The fourth-order valence-electron chi connectivity index (χ4n) is 2.22. The first kappa shape index (κ1) is 17.8. The molecule has 1 atom stereocenters. The zero-order chi connectivity index (χ0) is 16.0. The lowest BCUT2D eigenvalue weighted by atomic mass is 10.0. The molecule has 0 fully saturated rings. The van der Waals surface area contributed by atoms with Crippen LogP contribution in [0, 0.1) is 5.82 Å². The van der Waals surface area contributed by atoms with Crippen molar-refractivity contribution >= 4 is 5.69 Å². The molecule has 0 aliphatic rings. The van der Waals surface area contributed by atoms with E-state index < -0.39 is 18.5 Å². The van der Waals surface area contributed by atoms with Crippen LogP contribution in [0.1, 0.15) is 32.3 Å². The van der Waals surface area contributed by atoms with Gasteiger partial charge < -0.3 is 10.6 Å². The molecule has 0 saturated heterocycles. The van der Waals surface area contributed by atoms with E-state index in [-0.39, 0.29) is 30.3 Å². The van der Waals surface area contributed by atoms with Crippen LogP contribution in [0.3, 0.4) is 0 Å². The summed E-state index contributed by atoms with van der Waals surface area (Å²) in [5.74, 6) is -0.500. The molecule has 120 valence electrons. The summed E-state index contributed by atoms with van der Waals surface area (Å²) in [5.41, 5.74) is 6.39. The molecular weight excluding hydrogens is 284 g/mol. The number of alkyl halides is 3. The Balaban J connectivity index is 3.14. The average Bonchev–Trinajstić information content (AvgIpc) is 2.39. The summed E-state index contributed by atoms with van der Waals surface area (Å²) in [5, 5.41) is 0. The highest BCUT2D eigenvalue weighted by molar-refractivity contribution is 5.54. The topological polar surface area (TPSA) is 29.3 Å². The van der Waals surface area contributed by atoms with Crippen LogP contribution in [0.25, 0.3) is 0 Å².